The van der Waals surface area contributed by atoms with Gasteiger partial charge >= 0.3 is 6.18 Å². The fourth-order valence-corrected chi connectivity index (χ4v) is 7.13. The number of nitrogens with zero attached hydrogens (tertiary/aromatic N) is 2. The second-order valence-corrected chi connectivity index (χ2v) is 14.1. The number of piperidine rings is 2. The highest BCUT2D eigenvalue weighted by atomic mass is 35.5. The van der Waals surface area contributed by atoms with Crippen molar-refractivity contribution in [2.45, 2.75) is 56.3 Å². The number of benzene rings is 2. The maximum Gasteiger partial charge on any atom is 0.416 e. The second-order valence-electron chi connectivity index (χ2n) is 11.0. The van der Waals surface area contributed by atoms with Gasteiger partial charge in [-0.15, -0.1) is 0 Å². The van der Waals surface area contributed by atoms with Gasteiger partial charge in [0.05, 0.1) is 27.8 Å². The molecule has 2 saturated heterocycles. The number of halogens is 5. The van der Waals surface area contributed by atoms with Crippen LogP contribution in [-0.2, 0) is 27.4 Å². The molecule has 0 radical (unpaired) electrons. The molecule has 236 valence electrons. The molecule has 0 aromatic heterocycles. The number of carbonyl (C=O) groups excluding carboxylic acids is 2. The molecule has 8 nitrogen and oxygen atoms in total. The van der Waals surface area contributed by atoms with Gasteiger partial charge < -0.3 is 15.5 Å². The Labute approximate surface area is 259 Å². The summed E-state index contributed by atoms with van der Waals surface area (Å²) in [4.78, 5) is 28.8. The van der Waals surface area contributed by atoms with E-state index in [1.54, 1.807) is 0 Å². The maximum atomic E-state index is 14.4. The summed E-state index contributed by atoms with van der Waals surface area (Å²) in [6.45, 7) is 3.70. The second kappa shape index (κ2) is 13.7. The number of rotatable bonds is 8. The fourth-order valence-electron chi connectivity index (χ4n) is 5.58. The average Bonchev–Trinajstić information content (AvgIpc) is 2.97. The summed E-state index contributed by atoms with van der Waals surface area (Å²) >= 11 is 12.5. The summed E-state index contributed by atoms with van der Waals surface area (Å²) in [5.74, 6) is -1.30. The van der Waals surface area contributed by atoms with Crippen molar-refractivity contribution in [3.63, 3.8) is 0 Å². The van der Waals surface area contributed by atoms with Crippen LogP contribution in [0, 0.1) is 5.92 Å². The molecule has 2 aliphatic rings. The SMILES string of the molecule is CCS(=O)(=O)c1ccc(Cl)cc1N(C)C(=O)c1cc(Cl)c(CN2CCC[C@H](NC(=O)[C@H]3CCCNC3)C2)c(C(F)(F)F)c1. The Balaban J connectivity index is 1.58. The molecule has 4 rings (SSSR count). The molecule has 0 unspecified atom stereocenters. The zero-order chi connectivity index (χ0) is 31.5. The highest BCUT2D eigenvalue weighted by molar-refractivity contribution is 7.91. The number of hydrogen-bond acceptors (Lipinski definition) is 6. The van der Waals surface area contributed by atoms with Crippen molar-refractivity contribution >= 4 is 50.5 Å². The molecule has 0 bridgehead atoms. The summed E-state index contributed by atoms with van der Waals surface area (Å²) in [5.41, 5.74) is -1.63. The molecule has 2 aromatic carbocycles. The van der Waals surface area contributed by atoms with Crippen LogP contribution in [0.3, 0.4) is 0 Å². The van der Waals surface area contributed by atoms with Crippen LogP contribution in [0.25, 0.3) is 0 Å². The lowest BCUT2D eigenvalue weighted by atomic mass is 9.97. The minimum atomic E-state index is -4.82. The van der Waals surface area contributed by atoms with Crippen molar-refractivity contribution < 1.29 is 31.2 Å². The summed E-state index contributed by atoms with van der Waals surface area (Å²) in [6.07, 6.45) is -1.69. The van der Waals surface area contributed by atoms with Crippen molar-refractivity contribution in [1.82, 2.24) is 15.5 Å². The lowest BCUT2D eigenvalue weighted by Gasteiger charge is -2.35. The van der Waals surface area contributed by atoms with Crippen molar-refractivity contribution in [3.8, 4) is 0 Å². The van der Waals surface area contributed by atoms with Crippen molar-refractivity contribution in [2.75, 3.05) is 43.9 Å². The Bertz CT molecular complexity index is 1470. The number of hydrogen-bond donors (Lipinski definition) is 2. The van der Waals surface area contributed by atoms with Gasteiger partial charge in [-0.05, 0) is 74.7 Å². The van der Waals surface area contributed by atoms with Gasteiger partial charge in [-0.2, -0.15) is 13.2 Å². The van der Waals surface area contributed by atoms with Crippen LogP contribution < -0.4 is 15.5 Å². The van der Waals surface area contributed by atoms with Crippen molar-refractivity contribution in [3.05, 3.63) is 57.1 Å². The lowest BCUT2D eigenvalue weighted by Crippen LogP contribution is -2.50. The Morgan fingerprint density at radius 2 is 1.88 bits per heavy atom. The Kier molecular flexibility index (Phi) is 10.7. The molecule has 2 aromatic rings. The first-order chi connectivity index (χ1) is 20.2. The number of alkyl halides is 3. The van der Waals surface area contributed by atoms with E-state index in [0.29, 0.717) is 26.1 Å². The smallest absolute Gasteiger partial charge is 0.352 e. The minimum Gasteiger partial charge on any atom is -0.352 e. The van der Waals surface area contributed by atoms with E-state index in [4.69, 9.17) is 23.2 Å². The van der Waals surface area contributed by atoms with Crippen LogP contribution in [0.15, 0.2) is 35.2 Å². The molecular weight excluding hydrogens is 628 g/mol. The van der Waals surface area contributed by atoms with Crippen LogP contribution in [0.2, 0.25) is 10.0 Å². The van der Waals surface area contributed by atoms with Gasteiger partial charge in [0.25, 0.3) is 5.91 Å². The van der Waals surface area contributed by atoms with E-state index in [1.807, 2.05) is 4.90 Å². The topological polar surface area (TPSA) is 98.8 Å². The molecule has 14 heteroatoms. The molecule has 2 N–H and O–H groups in total. The number of amides is 2. The van der Waals surface area contributed by atoms with Gasteiger partial charge in [-0.25, -0.2) is 8.42 Å². The predicted molar refractivity (Wildman–Crippen MR) is 160 cm³/mol. The van der Waals surface area contributed by atoms with Gasteiger partial charge in [-0.3, -0.25) is 14.5 Å². The zero-order valence-electron chi connectivity index (χ0n) is 23.9. The van der Waals surface area contributed by atoms with Crippen LogP contribution in [-0.4, -0.2) is 70.2 Å². The largest absolute Gasteiger partial charge is 0.416 e. The molecule has 2 aliphatic heterocycles. The first-order valence-electron chi connectivity index (χ1n) is 14.1. The highest BCUT2D eigenvalue weighted by Crippen LogP contribution is 2.38. The number of carbonyl (C=O) groups is 2. The van der Waals surface area contributed by atoms with Crippen LogP contribution in [0.5, 0.6) is 0 Å². The first-order valence-corrected chi connectivity index (χ1v) is 16.6. The molecule has 2 atom stereocenters. The molecule has 43 heavy (non-hydrogen) atoms. The van der Waals surface area contributed by atoms with E-state index in [2.05, 4.69) is 10.6 Å². The van der Waals surface area contributed by atoms with Crippen LogP contribution >= 0.6 is 23.2 Å². The van der Waals surface area contributed by atoms with Gasteiger partial charge in [0.2, 0.25) is 5.91 Å². The molecule has 2 fully saturated rings. The fraction of sp³-hybridized carbons (Fsp3) is 0.517. The van der Waals surface area contributed by atoms with E-state index < -0.39 is 27.5 Å². The minimum absolute atomic E-state index is 0.0466. The Hall–Kier alpha value is -2.38. The summed E-state index contributed by atoms with van der Waals surface area (Å²) in [5, 5.41) is 6.19. The van der Waals surface area contributed by atoms with Gasteiger partial charge in [-0.1, -0.05) is 30.1 Å². The standard InChI is InChI=1S/C29H35Cl2F3N4O4S/c1-3-43(41,42)26-9-8-20(30)14-25(26)37(2)28(40)19-12-23(29(32,33)34)22(24(31)13-19)17-38-11-5-7-21(16-38)36-27(39)18-6-4-10-35-15-18/h8-9,12-14,18,21,35H,3-7,10-11,15-17H2,1-2H3,(H,36,39)/t18-,21-/m0/s1. The summed E-state index contributed by atoms with van der Waals surface area (Å²) in [6, 6.07) is 5.62. The first kappa shape index (κ1) is 33.5. The third-order valence-corrected chi connectivity index (χ3v) is 10.3. The lowest BCUT2D eigenvalue weighted by molar-refractivity contribution is -0.138. The number of likely N-dealkylation sites (tertiary alicyclic amines) is 1. The molecule has 2 amide bonds. The Morgan fingerprint density at radius 3 is 2.53 bits per heavy atom. The summed E-state index contributed by atoms with van der Waals surface area (Å²) in [7, 11) is -2.51. The molecular formula is C29H35Cl2F3N4O4S. The predicted octanol–water partition coefficient (Wildman–Crippen LogP) is 5.16. The number of sulfone groups is 1. The molecule has 2 heterocycles. The molecule has 0 spiro atoms. The van der Waals surface area contributed by atoms with E-state index in [-0.39, 0.29) is 61.9 Å². The monoisotopic (exact) mass is 662 g/mol. The van der Waals surface area contributed by atoms with Crippen molar-refractivity contribution in [1.29, 1.82) is 0 Å². The maximum absolute atomic E-state index is 14.4. The molecule has 0 aliphatic carbocycles. The highest BCUT2D eigenvalue weighted by Gasteiger charge is 2.37. The van der Waals surface area contributed by atoms with E-state index in [9.17, 15) is 31.2 Å². The third kappa shape index (κ3) is 8.02. The summed E-state index contributed by atoms with van der Waals surface area (Å²) < 4.78 is 68.4. The van der Waals surface area contributed by atoms with Gasteiger partial charge in [0, 0.05) is 48.3 Å². The van der Waals surface area contributed by atoms with Crippen LogP contribution in [0.4, 0.5) is 18.9 Å². The van der Waals surface area contributed by atoms with E-state index >= 15 is 0 Å². The normalized spacial score (nSPS) is 20.1. The van der Waals surface area contributed by atoms with Gasteiger partial charge in [0.1, 0.15) is 0 Å². The number of nitrogens with one attached hydrogen (secondary N) is 2. The third-order valence-electron chi connectivity index (χ3n) is 7.95. The van der Waals surface area contributed by atoms with Gasteiger partial charge in [0.15, 0.2) is 9.84 Å². The Morgan fingerprint density at radius 1 is 1.14 bits per heavy atom. The van der Waals surface area contributed by atoms with E-state index in [1.165, 1.54) is 38.2 Å². The molecule has 0 saturated carbocycles. The average molecular weight is 664 g/mol. The quantitative estimate of drug-likeness (QED) is 0.405. The zero-order valence-corrected chi connectivity index (χ0v) is 26.3. The number of anilines is 1. The van der Waals surface area contributed by atoms with E-state index in [0.717, 1.165) is 36.8 Å². The van der Waals surface area contributed by atoms with Crippen LogP contribution in [0.1, 0.15) is 54.1 Å². The van der Waals surface area contributed by atoms with Crippen molar-refractivity contribution in [2.24, 2.45) is 5.92 Å².